The SMILES string of the molecule is O=C(CN1C(=O)CC(c2ccccc2)Sc2ccccc21)Nc1ccc2c(c1)CC1(C2)NC(=O)NC1=O.[HH].[HH]. The summed E-state index contributed by atoms with van der Waals surface area (Å²) in [6.45, 7) is -0.114. The number of amides is 5. The van der Waals surface area contributed by atoms with Gasteiger partial charge in [-0.15, -0.1) is 11.8 Å². The van der Waals surface area contributed by atoms with E-state index in [0.29, 0.717) is 18.5 Å². The molecule has 3 aliphatic rings. The average molecular weight is 517 g/mol. The molecule has 1 aliphatic carbocycles. The van der Waals surface area contributed by atoms with E-state index in [4.69, 9.17) is 0 Å². The smallest absolute Gasteiger partial charge is 0.322 e. The topological polar surface area (TPSA) is 108 Å². The third-order valence-corrected chi connectivity index (χ3v) is 8.37. The molecule has 1 saturated heterocycles. The number of thioether (sulfide) groups is 1. The van der Waals surface area contributed by atoms with Crippen molar-refractivity contribution in [3.05, 3.63) is 89.5 Å². The van der Waals surface area contributed by atoms with E-state index in [2.05, 4.69) is 16.0 Å². The Balaban J connectivity index is 0.00000176. The van der Waals surface area contributed by atoms with Crippen molar-refractivity contribution in [3.63, 3.8) is 0 Å². The number of imide groups is 1. The number of urea groups is 1. The van der Waals surface area contributed by atoms with Crippen LogP contribution in [0.25, 0.3) is 0 Å². The highest BCUT2D eigenvalue weighted by atomic mass is 32.2. The normalized spacial score (nSPS) is 22.2. The van der Waals surface area contributed by atoms with Crippen LogP contribution in [0.5, 0.6) is 0 Å². The Labute approximate surface area is 220 Å². The van der Waals surface area contributed by atoms with E-state index in [1.54, 1.807) is 22.7 Å². The minimum absolute atomic E-state index is 0. The highest BCUT2D eigenvalue weighted by Gasteiger charge is 2.50. The molecule has 190 valence electrons. The Morgan fingerprint density at radius 2 is 1.76 bits per heavy atom. The van der Waals surface area contributed by atoms with Crippen LogP contribution in [0, 0.1) is 0 Å². The molecule has 0 saturated carbocycles. The van der Waals surface area contributed by atoms with Crippen molar-refractivity contribution in [3.8, 4) is 0 Å². The van der Waals surface area contributed by atoms with E-state index >= 15 is 0 Å². The molecule has 0 aromatic heterocycles. The van der Waals surface area contributed by atoms with Crippen LogP contribution in [0.3, 0.4) is 0 Å². The molecule has 37 heavy (non-hydrogen) atoms. The summed E-state index contributed by atoms with van der Waals surface area (Å²) >= 11 is 1.64. The van der Waals surface area contributed by atoms with Crippen LogP contribution in [0.4, 0.5) is 16.2 Å². The van der Waals surface area contributed by atoms with Crippen molar-refractivity contribution in [2.24, 2.45) is 0 Å². The second kappa shape index (κ2) is 9.08. The van der Waals surface area contributed by atoms with Crippen molar-refractivity contribution in [2.75, 3.05) is 16.8 Å². The summed E-state index contributed by atoms with van der Waals surface area (Å²) in [5.74, 6) is -0.754. The summed E-state index contributed by atoms with van der Waals surface area (Å²) < 4.78 is 0. The Kier molecular flexibility index (Phi) is 5.72. The number of carbonyl (C=O) groups excluding carboxylic acids is 4. The second-order valence-electron chi connectivity index (χ2n) is 9.54. The number of nitrogens with zero attached hydrogens (tertiary/aromatic N) is 1. The number of hydrogen-bond donors (Lipinski definition) is 3. The lowest BCUT2D eigenvalue weighted by Gasteiger charge is -2.22. The number of anilines is 2. The van der Waals surface area contributed by atoms with Crippen LogP contribution in [-0.4, -0.2) is 35.8 Å². The summed E-state index contributed by atoms with van der Waals surface area (Å²) in [4.78, 5) is 53.0. The first kappa shape index (κ1) is 23.3. The van der Waals surface area contributed by atoms with Crippen molar-refractivity contribution in [1.82, 2.24) is 10.6 Å². The molecular formula is C28H28N4O4S. The summed E-state index contributed by atoms with van der Waals surface area (Å²) in [5.41, 5.74) is 3.27. The largest absolute Gasteiger partial charge is 0.325 e. The Hall–Kier alpha value is -4.11. The maximum Gasteiger partial charge on any atom is 0.322 e. The lowest BCUT2D eigenvalue weighted by atomic mass is 9.96. The highest BCUT2D eigenvalue weighted by molar-refractivity contribution is 7.99. The van der Waals surface area contributed by atoms with Crippen LogP contribution >= 0.6 is 11.8 Å². The van der Waals surface area contributed by atoms with E-state index in [0.717, 1.165) is 27.3 Å². The number of rotatable bonds is 4. The number of carbonyl (C=O) groups is 4. The first-order valence-electron chi connectivity index (χ1n) is 12.1. The van der Waals surface area contributed by atoms with Gasteiger partial charge in [-0.05, 0) is 41.0 Å². The zero-order valence-electron chi connectivity index (χ0n) is 19.8. The average Bonchev–Trinajstić information content (AvgIpc) is 3.34. The van der Waals surface area contributed by atoms with E-state index < -0.39 is 11.6 Å². The number of nitrogens with one attached hydrogen (secondary N) is 3. The van der Waals surface area contributed by atoms with Crippen molar-refractivity contribution < 1.29 is 22.0 Å². The zero-order chi connectivity index (χ0) is 25.6. The Morgan fingerprint density at radius 1 is 1.00 bits per heavy atom. The van der Waals surface area contributed by atoms with Crippen LogP contribution in [-0.2, 0) is 27.2 Å². The zero-order valence-corrected chi connectivity index (χ0v) is 20.6. The maximum absolute atomic E-state index is 13.4. The number of para-hydroxylation sites is 1. The van der Waals surface area contributed by atoms with Gasteiger partial charge in [0.25, 0.3) is 5.91 Å². The number of hydrogen-bond acceptors (Lipinski definition) is 5. The minimum Gasteiger partial charge on any atom is -0.325 e. The molecule has 1 spiro atoms. The molecule has 3 N–H and O–H groups in total. The fourth-order valence-corrected chi connectivity index (χ4v) is 6.56. The minimum atomic E-state index is -0.961. The number of benzene rings is 3. The Morgan fingerprint density at radius 3 is 2.54 bits per heavy atom. The van der Waals surface area contributed by atoms with Gasteiger partial charge < -0.3 is 15.5 Å². The quantitative estimate of drug-likeness (QED) is 0.453. The molecule has 6 rings (SSSR count). The molecule has 2 unspecified atom stereocenters. The van der Waals surface area contributed by atoms with Gasteiger partial charge in [0.1, 0.15) is 12.1 Å². The van der Waals surface area contributed by atoms with E-state index in [9.17, 15) is 19.2 Å². The van der Waals surface area contributed by atoms with Gasteiger partial charge in [0.05, 0.1) is 5.69 Å². The van der Waals surface area contributed by atoms with Gasteiger partial charge >= 0.3 is 6.03 Å². The monoisotopic (exact) mass is 516 g/mol. The van der Waals surface area contributed by atoms with Crippen LogP contribution in [0.2, 0.25) is 0 Å². The summed E-state index contributed by atoms with van der Waals surface area (Å²) in [7, 11) is 0. The predicted molar refractivity (Wildman–Crippen MR) is 145 cm³/mol. The summed E-state index contributed by atoms with van der Waals surface area (Å²) in [6.07, 6.45) is 1.05. The molecule has 3 aromatic rings. The van der Waals surface area contributed by atoms with Gasteiger partial charge in [0.15, 0.2) is 0 Å². The first-order valence-corrected chi connectivity index (χ1v) is 12.9. The van der Waals surface area contributed by atoms with E-state index in [-0.39, 0.29) is 38.8 Å². The first-order chi connectivity index (χ1) is 17.9. The fourth-order valence-electron chi connectivity index (χ4n) is 5.28. The van der Waals surface area contributed by atoms with Gasteiger partial charge in [0.2, 0.25) is 11.8 Å². The lowest BCUT2D eigenvalue weighted by molar-refractivity contribution is -0.123. The molecule has 1 fully saturated rings. The third-order valence-electron chi connectivity index (χ3n) is 7.05. The molecular weight excluding hydrogens is 488 g/mol. The lowest BCUT2D eigenvalue weighted by Crippen LogP contribution is -2.47. The molecule has 2 atom stereocenters. The van der Waals surface area contributed by atoms with Gasteiger partial charge in [-0.2, -0.15) is 0 Å². The predicted octanol–water partition coefficient (Wildman–Crippen LogP) is 4.06. The van der Waals surface area contributed by atoms with Crippen LogP contribution in [0.1, 0.15) is 31.2 Å². The van der Waals surface area contributed by atoms with Crippen LogP contribution in [0.15, 0.2) is 77.7 Å². The van der Waals surface area contributed by atoms with Gasteiger partial charge in [-0.1, -0.05) is 48.5 Å². The molecule has 3 aromatic carbocycles. The fraction of sp³-hybridized carbons (Fsp3) is 0.214. The van der Waals surface area contributed by atoms with Crippen LogP contribution < -0.4 is 20.9 Å². The van der Waals surface area contributed by atoms with E-state index in [1.807, 2.05) is 66.7 Å². The molecule has 0 radical (unpaired) electrons. The van der Waals surface area contributed by atoms with Gasteiger partial charge in [0, 0.05) is 37.9 Å². The van der Waals surface area contributed by atoms with Gasteiger partial charge in [-0.25, -0.2) is 4.79 Å². The van der Waals surface area contributed by atoms with E-state index in [1.165, 1.54) is 0 Å². The number of fused-ring (bicyclic) bond motifs is 2. The molecule has 9 heteroatoms. The molecule has 2 aliphatic heterocycles. The highest BCUT2D eigenvalue weighted by Crippen LogP contribution is 2.45. The second-order valence-corrected chi connectivity index (χ2v) is 10.8. The van der Waals surface area contributed by atoms with Crippen molar-refractivity contribution in [1.29, 1.82) is 0 Å². The molecule has 2 heterocycles. The standard InChI is InChI=1S/C28H24N4O4S.2H2/c33-24(29-20-11-10-18-14-28(15-19(18)12-20)26(35)30-27(36)31-28)16-32-21-8-4-5-9-22(21)37-23(13-25(32)34)17-6-2-1-3-7-17;;/h1-12,23H,13-16H2,(H,29,33)(H2,30,31,35,36);2*1H. The summed E-state index contributed by atoms with van der Waals surface area (Å²) in [5, 5.41) is 7.92. The maximum atomic E-state index is 13.4. The molecule has 0 bridgehead atoms. The van der Waals surface area contributed by atoms with Gasteiger partial charge in [-0.3, -0.25) is 19.7 Å². The molecule has 5 amide bonds. The van der Waals surface area contributed by atoms with Crippen molar-refractivity contribution in [2.45, 2.75) is 34.9 Å². The Bertz CT molecular complexity index is 1450. The molecule has 8 nitrogen and oxygen atoms in total. The summed E-state index contributed by atoms with van der Waals surface area (Å²) in [6, 6.07) is 22.6. The van der Waals surface area contributed by atoms with Crippen molar-refractivity contribution >= 4 is 46.9 Å². The third kappa shape index (κ3) is 4.35.